The molecule has 0 aliphatic heterocycles. The van der Waals surface area contributed by atoms with Gasteiger partial charge < -0.3 is 14.8 Å². The highest BCUT2D eigenvalue weighted by Gasteiger charge is 2.20. The fourth-order valence-corrected chi connectivity index (χ4v) is 2.68. The summed E-state index contributed by atoms with van der Waals surface area (Å²) in [6.45, 7) is 7.39. The predicted octanol–water partition coefficient (Wildman–Crippen LogP) is 4.16. The van der Waals surface area contributed by atoms with E-state index in [0.717, 1.165) is 12.8 Å². The van der Waals surface area contributed by atoms with E-state index in [-0.39, 0.29) is 18.1 Å². The summed E-state index contributed by atoms with van der Waals surface area (Å²) in [5, 5.41) is 2.90. The van der Waals surface area contributed by atoms with Crippen LogP contribution in [-0.2, 0) is 16.0 Å². The van der Waals surface area contributed by atoms with E-state index in [1.165, 1.54) is 5.56 Å². The van der Waals surface area contributed by atoms with Crippen LogP contribution in [0.3, 0.4) is 0 Å². The molecule has 150 valence electrons. The van der Waals surface area contributed by atoms with Gasteiger partial charge in [-0.25, -0.2) is 4.79 Å². The number of carbonyl (C=O) groups excluding carboxylic acids is 2. The zero-order valence-electron chi connectivity index (χ0n) is 17.0. The molecule has 2 aromatic rings. The Morgan fingerprint density at radius 2 is 1.57 bits per heavy atom. The molecule has 0 spiro atoms. The van der Waals surface area contributed by atoms with Gasteiger partial charge in [0, 0.05) is 6.04 Å². The van der Waals surface area contributed by atoms with Gasteiger partial charge in [-0.05, 0) is 70.4 Å². The molecule has 0 aromatic heterocycles. The molecule has 0 fully saturated rings. The number of hydrogen-bond acceptors (Lipinski definition) is 4. The fraction of sp³-hybridized carbons (Fsp3) is 0.391. The summed E-state index contributed by atoms with van der Waals surface area (Å²) in [5.74, 6) is -0.144. The second-order valence-electron chi connectivity index (χ2n) is 7.17. The Hall–Kier alpha value is -2.82. The SMILES string of the molecule is CC(C)Oc1ccc(C(=O)O[C@@H](C)C(=O)N[C@H](C)CCc2ccccc2)cc1. The molecule has 0 saturated heterocycles. The summed E-state index contributed by atoms with van der Waals surface area (Å²) in [6, 6.07) is 16.8. The number of benzene rings is 2. The second-order valence-corrected chi connectivity index (χ2v) is 7.17. The van der Waals surface area contributed by atoms with Crippen molar-refractivity contribution in [1.29, 1.82) is 0 Å². The third-order valence-corrected chi connectivity index (χ3v) is 4.21. The third kappa shape index (κ3) is 7.06. The van der Waals surface area contributed by atoms with E-state index >= 15 is 0 Å². The largest absolute Gasteiger partial charge is 0.491 e. The van der Waals surface area contributed by atoms with E-state index in [1.54, 1.807) is 31.2 Å². The Morgan fingerprint density at radius 3 is 2.18 bits per heavy atom. The number of esters is 1. The molecule has 0 aliphatic carbocycles. The number of aryl methyl sites for hydroxylation is 1. The molecule has 0 unspecified atom stereocenters. The quantitative estimate of drug-likeness (QED) is 0.661. The summed E-state index contributed by atoms with van der Waals surface area (Å²) in [7, 11) is 0. The Morgan fingerprint density at radius 1 is 0.929 bits per heavy atom. The number of nitrogens with one attached hydrogen (secondary N) is 1. The van der Waals surface area contributed by atoms with Gasteiger partial charge in [0.05, 0.1) is 11.7 Å². The monoisotopic (exact) mass is 383 g/mol. The van der Waals surface area contributed by atoms with Crippen LogP contribution in [0.25, 0.3) is 0 Å². The minimum Gasteiger partial charge on any atom is -0.491 e. The number of carbonyl (C=O) groups is 2. The zero-order valence-corrected chi connectivity index (χ0v) is 17.0. The van der Waals surface area contributed by atoms with Crippen LogP contribution < -0.4 is 10.1 Å². The summed E-state index contributed by atoms with van der Waals surface area (Å²) >= 11 is 0. The van der Waals surface area contributed by atoms with Gasteiger partial charge in [0.25, 0.3) is 5.91 Å². The number of ether oxygens (including phenoxy) is 2. The molecule has 0 aliphatic rings. The van der Waals surface area contributed by atoms with Crippen LogP contribution in [0.1, 0.15) is 50.0 Å². The van der Waals surface area contributed by atoms with Crippen molar-refractivity contribution in [2.45, 2.75) is 58.8 Å². The Labute approximate surface area is 167 Å². The topological polar surface area (TPSA) is 64.6 Å². The zero-order chi connectivity index (χ0) is 20.5. The molecule has 0 radical (unpaired) electrons. The maximum Gasteiger partial charge on any atom is 0.338 e. The predicted molar refractivity (Wildman–Crippen MR) is 109 cm³/mol. The van der Waals surface area contributed by atoms with Gasteiger partial charge in [0.1, 0.15) is 5.75 Å². The fourth-order valence-electron chi connectivity index (χ4n) is 2.68. The minimum atomic E-state index is -0.863. The lowest BCUT2D eigenvalue weighted by Crippen LogP contribution is -2.41. The van der Waals surface area contributed by atoms with Crippen molar-refractivity contribution in [1.82, 2.24) is 5.32 Å². The van der Waals surface area contributed by atoms with Crippen molar-refractivity contribution < 1.29 is 19.1 Å². The van der Waals surface area contributed by atoms with Gasteiger partial charge in [-0.1, -0.05) is 30.3 Å². The Balaban J connectivity index is 1.79. The number of rotatable bonds is 9. The first-order valence-electron chi connectivity index (χ1n) is 9.67. The van der Waals surface area contributed by atoms with Gasteiger partial charge in [-0.3, -0.25) is 4.79 Å². The molecule has 0 heterocycles. The van der Waals surface area contributed by atoms with Gasteiger partial charge in [0.2, 0.25) is 0 Å². The first-order chi connectivity index (χ1) is 13.3. The molecule has 5 nitrogen and oxygen atoms in total. The lowest BCUT2D eigenvalue weighted by atomic mass is 10.1. The van der Waals surface area contributed by atoms with Gasteiger partial charge in [-0.15, -0.1) is 0 Å². The van der Waals surface area contributed by atoms with Crippen molar-refractivity contribution in [2.24, 2.45) is 0 Å². The van der Waals surface area contributed by atoms with Crippen molar-refractivity contribution in [3.05, 3.63) is 65.7 Å². The highest BCUT2D eigenvalue weighted by atomic mass is 16.5. The lowest BCUT2D eigenvalue weighted by Gasteiger charge is -2.18. The van der Waals surface area contributed by atoms with Crippen LogP contribution in [0.15, 0.2) is 54.6 Å². The van der Waals surface area contributed by atoms with Crippen molar-refractivity contribution in [3.8, 4) is 5.75 Å². The van der Waals surface area contributed by atoms with E-state index < -0.39 is 12.1 Å². The first kappa shape index (κ1) is 21.5. The van der Waals surface area contributed by atoms with Crippen molar-refractivity contribution >= 4 is 11.9 Å². The molecule has 2 aromatic carbocycles. The first-order valence-corrected chi connectivity index (χ1v) is 9.67. The molecule has 2 rings (SSSR count). The molecular weight excluding hydrogens is 354 g/mol. The van der Waals surface area contributed by atoms with Crippen LogP contribution in [0.2, 0.25) is 0 Å². The van der Waals surface area contributed by atoms with Crippen LogP contribution in [0.5, 0.6) is 5.75 Å². The average Bonchev–Trinajstić information content (AvgIpc) is 2.67. The average molecular weight is 383 g/mol. The molecule has 2 atom stereocenters. The molecule has 1 N–H and O–H groups in total. The second kappa shape index (κ2) is 10.5. The maximum atomic E-state index is 12.3. The summed E-state index contributed by atoms with van der Waals surface area (Å²) < 4.78 is 10.8. The minimum absolute atomic E-state index is 0.0127. The van der Waals surface area contributed by atoms with Gasteiger partial charge in [-0.2, -0.15) is 0 Å². The van der Waals surface area contributed by atoms with E-state index in [0.29, 0.717) is 11.3 Å². The van der Waals surface area contributed by atoms with Crippen molar-refractivity contribution in [2.75, 3.05) is 0 Å². The Bertz CT molecular complexity index is 756. The number of amides is 1. The normalized spacial score (nSPS) is 12.9. The highest BCUT2D eigenvalue weighted by molar-refractivity contribution is 5.92. The molecule has 0 saturated carbocycles. The Kier molecular flexibility index (Phi) is 8.05. The molecular formula is C23H29NO4. The standard InChI is InChI=1S/C23H29NO4/c1-16(2)27-21-14-12-20(13-15-21)23(26)28-18(4)22(25)24-17(3)10-11-19-8-6-5-7-9-19/h5-9,12-18H,10-11H2,1-4H3,(H,24,25)/t17-,18+/m1/s1. The number of hydrogen-bond donors (Lipinski definition) is 1. The molecule has 0 bridgehead atoms. The summed E-state index contributed by atoms with van der Waals surface area (Å²) in [6.07, 6.45) is 0.887. The maximum absolute atomic E-state index is 12.3. The molecule has 1 amide bonds. The summed E-state index contributed by atoms with van der Waals surface area (Å²) in [5.41, 5.74) is 1.61. The highest BCUT2D eigenvalue weighted by Crippen LogP contribution is 2.15. The van der Waals surface area contributed by atoms with Crippen LogP contribution in [0, 0.1) is 0 Å². The van der Waals surface area contributed by atoms with E-state index in [2.05, 4.69) is 17.4 Å². The van der Waals surface area contributed by atoms with E-state index in [4.69, 9.17) is 9.47 Å². The smallest absolute Gasteiger partial charge is 0.338 e. The van der Waals surface area contributed by atoms with Gasteiger partial charge >= 0.3 is 5.97 Å². The lowest BCUT2D eigenvalue weighted by molar-refractivity contribution is -0.129. The van der Waals surface area contributed by atoms with Crippen LogP contribution in [-0.4, -0.2) is 30.1 Å². The summed E-state index contributed by atoms with van der Waals surface area (Å²) in [4.78, 5) is 24.5. The van der Waals surface area contributed by atoms with Crippen molar-refractivity contribution in [3.63, 3.8) is 0 Å². The molecule has 28 heavy (non-hydrogen) atoms. The van der Waals surface area contributed by atoms with Crippen LogP contribution >= 0.6 is 0 Å². The van der Waals surface area contributed by atoms with Crippen LogP contribution in [0.4, 0.5) is 0 Å². The molecule has 5 heteroatoms. The van der Waals surface area contributed by atoms with E-state index in [9.17, 15) is 9.59 Å². The van der Waals surface area contributed by atoms with Gasteiger partial charge in [0.15, 0.2) is 6.10 Å². The third-order valence-electron chi connectivity index (χ3n) is 4.21. The van der Waals surface area contributed by atoms with E-state index in [1.807, 2.05) is 39.0 Å².